The largest absolute Gasteiger partial charge is 0.285 e. The summed E-state index contributed by atoms with van der Waals surface area (Å²) in [6.45, 7) is 0. The Balaban J connectivity index is 2.90. The van der Waals surface area contributed by atoms with Gasteiger partial charge in [0, 0.05) is 15.9 Å². The Morgan fingerprint density at radius 2 is 1.73 bits per heavy atom. The van der Waals surface area contributed by atoms with E-state index in [9.17, 15) is 10.1 Å². The minimum absolute atomic E-state index is 0.0700. The second-order valence-electron chi connectivity index (χ2n) is 2.99. The van der Waals surface area contributed by atoms with E-state index in [1.165, 1.54) is 6.07 Å². The molecular weight excluding hydrogens is 326 g/mol. The molecule has 0 aliphatic rings. The highest BCUT2D eigenvalue weighted by Gasteiger charge is 2.16. The Bertz CT molecular complexity index is 554. The molecule has 0 spiro atoms. The monoisotopic (exact) mass is 329 g/mol. The minimum atomic E-state index is -0.402. The number of benzene rings is 2. The van der Waals surface area contributed by atoms with Crippen molar-refractivity contribution in [3.8, 4) is 0 Å². The Morgan fingerprint density at radius 1 is 1.13 bits per heavy atom. The molecule has 0 aliphatic carbocycles. The molecule has 15 heavy (non-hydrogen) atoms. The van der Waals surface area contributed by atoms with Crippen molar-refractivity contribution < 1.29 is 4.92 Å². The summed E-state index contributed by atoms with van der Waals surface area (Å²) in [5, 5.41) is 12.6. The van der Waals surface area contributed by atoms with E-state index >= 15 is 0 Å². The molecule has 2 aromatic rings. The number of rotatable bonds is 1. The van der Waals surface area contributed by atoms with Crippen molar-refractivity contribution in [3.05, 3.63) is 49.4 Å². The molecule has 0 saturated carbocycles. The molecule has 5 heteroatoms. The number of fused-ring (bicyclic) bond motifs is 1. The van der Waals surface area contributed by atoms with Crippen LogP contribution in [0, 0.1) is 10.1 Å². The number of nitro groups is 1. The number of halogens is 2. The Hall–Kier alpha value is -0.940. The Labute approximate surface area is 103 Å². The van der Waals surface area contributed by atoms with Crippen LogP contribution in [0.2, 0.25) is 0 Å². The first kappa shape index (κ1) is 10.6. The highest BCUT2D eigenvalue weighted by Crippen LogP contribution is 2.37. The molecule has 0 radical (unpaired) electrons. The third kappa shape index (κ3) is 1.77. The normalized spacial score (nSPS) is 10.5. The van der Waals surface area contributed by atoms with Gasteiger partial charge in [-0.3, -0.25) is 10.1 Å². The summed E-state index contributed by atoms with van der Waals surface area (Å²) < 4.78 is 1.25. The fourth-order valence-electron chi connectivity index (χ4n) is 1.41. The summed E-state index contributed by atoms with van der Waals surface area (Å²) >= 11 is 6.58. The van der Waals surface area contributed by atoms with Crippen molar-refractivity contribution >= 4 is 48.3 Å². The average molecular weight is 331 g/mol. The molecule has 2 rings (SSSR count). The van der Waals surface area contributed by atoms with Gasteiger partial charge in [0.05, 0.1) is 4.92 Å². The van der Waals surface area contributed by atoms with Crippen molar-refractivity contribution in [1.29, 1.82) is 0 Å². The van der Waals surface area contributed by atoms with Crippen molar-refractivity contribution in [2.75, 3.05) is 0 Å². The first-order chi connectivity index (χ1) is 7.11. The quantitative estimate of drug-likeness (QED) is 0.578. The maximum absolute atomic E-state index is 10.8. The number of nitro benzene ring substituents is 1. The van der Waals surface area contributed by atoms with Crippen LogP contribution in [0.4, 0.5) is 5.69 Å². The molecule has 0 unspecified atom stereocenters. The van der Waals surface area contributed by atoms with Crippen LogP contribution in [-0.2, 0) is 0 Å². The van der Waals surface area contributed by atoms with Crippen molar-refractivity contribution in [1.82, 2.24) is 0 Å². The lowest BCUT2D eigenvalue weighted by molar-refractivity contribution is -0.385. The Kier molecular flexibility index (Phi) is 2.75. The summed E-state index contributed by atoms with van der Waals surface area (Å²) in [7, 11) is 0. The van der Waals surface area contributed by atoms with Crippen LogP contribution in [0.5, 0.6) is 0 Å². The number of nitrogens with zero attached hydrogens (tertiary/aromatic N) is 1. The van der Waals surface area contributed by atoms with Crippen LogP contribution in [0.1, 0.15) is 0 Å². The molecule has 0 aliphatic heterocycles. The van der Waals surface area contributed by atoms with Gasteiger partial charge in [0.1, 0.15) is 4.47 Å². The lowest BCUT2D eigenvalue weighted by Crippen LogP contribution is -1.90. The zero-order valence-electron chi connectivity index (χ0n) is 7.41. The molecule has 0 aromatic heterocycles. The topological polar surface area (TPSA) is 43.1 Å². The van der Waals surface area contributed by atoms with Gasteiger partial charge < -0.3 is 0 Å². The summed E-state index contributed by atoms with van der Waals surface area (Å²) in [5.74, 6) is 0. The number of hydrogen-bond acceptors (Lipinski definition) is 2. The van der Waals surface area contributed by atoms with E-state index in [2.05, 4.69) is 31.9 Å². The maximum atomic E-state index is 10.8. The molecule has 0 amide bonds. The van der Waals surface area contributed by atoms with E-state index < -0.39 is 4.92 Å². The summed E-state index contributed by atoms with van der Waals surface area (Å²) in [4.78, 5) is 10.4. The van der Waals surface area contributed by atoms with Gasteiger partial charge in [-0.2, -0.15) is 0 Å². The Morgan fingerprint density at radius 3 is 2.33 bits per heavy atom. The average Bonchev–Trinajstić information content (AvgIpc) is 2.23. The predicted octanol–water partition coefficient (Wildman–Crippen LogP) is 4.27. The third-order valence-corrected chi connectivity index (χ3v) is 3.60. The molecular formula is C10H5Br2NO2. The lowest BCUT2D eigenvalue weighted by Gasteiger charge is -2.03. The maximum Gasteiger partial charge on any atom is 0.285 e. The van der Waals surface area contributed by atoms with E-state index in [1.807, 2.05) is 24.3 Å². The molecule has 0 bridgehead atoms. The van der Waals surface area contributed by atoms with Gasteiger partial charge in [-0.1, -0.05) is 24.3 Å². The first-order valence-corrected chi connectivity index (χ1v) is 5.71. The van der Waals surface area contributed by atoms with Gasteiger partial charge in [-0.25, -0.2) is 0 Å². The fourth-order valence-corrected chi connectivity index (χ4v) is 2.58. The van der Waals surface area contributed by atoms with Gasteiger partial charge in [0.2, 0.25) is 0 Å². The zero-order valence-corrected chi connectivity index (χ0v) is 10.6. The van der Waals surface area contributed by atoms with E-state index in [4.69, 9.17) is 0 Å². The third-order valence-electron chi connectivity index (χ3n) is 2.11. The van der Waals surface area contributed by atoms with E-state index in [-0.39, 0.29) is 5.69 Å². The minimum Gasteiger partial charge on any atom is -0.258 e. The van der Waals surface area contributed by atoms with E-state index in [0.29, 0.717) is 4.47 Å². The van der Waals surface area contributed by atoms with Gasteiger partial charge in [0.25, 0.3) is 5.69 Å². The number of hydrogen-bond donors (Lipinski definition) is 0. The predicted molar refractivity (Wildman–Crippen MR) is 66.0 cm³/mol. The van der Waals surface area contributed by atoms with Gasteiger partial charge in [-0.15, -0.1) is 0 Å². The van der Waals surface area contributed by atoms with Gasteiger partial charge in [-0.05, 0) is 37.2 Å². The van der Waals surface area contributed by atoms with Crippen LogP contribution in [0.3, 0.4) is 0 Å². The van der Waals surface area contributed by atoms with Crippen LogP contribution in [0.25, 0.3) is 10.8 Å². The van der Waals surface area contributed by atoms with Crippen molar-refractivity contribution in [2.24, 2.45) is 0 Å². The molecule has 76 valence electrons. The van der Waals surface area contributed by atoms with Crippen LogP contribution >= 0.6 is 31.9 Å². The summed E-state index contributed by atoms with van der Waals surface area (Å²) in [5.41, 5.74) is 0.0700. The molecule has 0 N–H and O–H groups in total. The van der Waals surface area contributed by atoms with Gasteiger partial charge in [0.15, 0.2) is 0 Å². The molecule has 0 atom stereocenters. The van der Waals surface area contributed by atoms with Crippen molar-refractivity contribution in [3.63, 3.8) is 0 Å². The highest BCUT2D eigenvalue weighted by molar-refractivity contribution is 9.11. The van der Waals surface area contributed by atoms with E-state index in [1.54, 1.807) is 0 Å². The molecule has 0 heterocycles. The summed E-state index contributed by atoms with van der Waals surface area (Å²) in [6.07, 6.45) is 0. The fraction of sp³-hybridized carbons (Fsp3) is 0. The van der Waals surface area contributed by atoms with Crippen LogP contribution in [0.15, 0.2) is 39.3 Å². The van der Waals surface area contributed by atoms with E-state index in [0.717, 1.165) is 15.2 Å². The van der Waals surface area contributed by atoms with Crippen LogP contribution in [-0.4, -0.2) is 4.92 Å². The van der Waals surface area contributed by atoms with Crippen molar-refractivity contribution in [2.45, 2.75) is 0 Å². The molecule has 0 saturated heterocycles. The molecule has 2 aromatic carbocycles. The zero-order chi connectivity index (χ0) is 11.0. The standard InChI is InChI=1S/C10H5Br2NO2/c11-8-5-9(13(14)15)10(12)7-4-2-1-3-6(7)8/h1-5H. The smallest absolute Gasteiger partial charge is 0.258 e. The van der Waals surface area contributed by atoms with Gasteiger partial charge >= 0.3 is 0 Å². The summed E-state index contributed by atoms with van der Waals surface area (Å²) in [6, 6.07) is 9.01. The second kappa shape index (κ2) is 3.90. The molecule has 3 nitrogen and oxygen atoms in total. The first-order valence-electron chi connectivity index (χ1n) is 4.12. The molecule has 0 fully saturated rings. The SMILES string of the molecule is O=[N+]([O-])c1cc(Br)c2ccccc2c1Br. The second-order valence-corrected chi connectivity index (χ2v) is 4.64. The highest BCUT2D eigenvalue weighted by atomic mass is 79.9. The lowest BCUT2D eigenvalue weighted by atomic mass is 10.1. The van der Waals surface area contributed by atoms with Crippen LogP contribution < -0.4 is 0 Å².